The second kappa shape index (κ2) is 6.00. The highest BCUT2D eigenvalue weighted by Gasteiger charge is 2.28. The molecule has 6 heteroatoms. The van der Waals surface area contributed by atoms with Gasteiger partial charge in [0, 0.05) is 6.54 Å². The Labute approximate surface area is 117 Å². The highest BCUT2D eigenvalue weighted by atomic mass is 16.4. The number of rotatable bonds is 3. The molecule has 0 saturated carbocycles. The van der Waals surface area contributed by atoms with Gasteiger partial charge in [0.1, 0.15) is 5.69 Å². The number of carboxylic acids is 1. The van der Waals surface area contributed by atoms with Crippen LogP contribution in [0.4, 0.5) is 0 Å². The van der Waals surface area contributed by atoms with Gasteiger partial charge in [-0.15, -0.1) is 0 Å². The topological polar surface area (TPSA) is 90.7 Å². The van der Waals surface area contributed by atoms with Crippen LogP contribution in [-0.2, 0) is 0 Å². The molecule has 0 radical (unpaired) electrons. The molecule has 1 fully saturated rings. The molecule has 2 rings (SSSR count). The van der Waals surface area contributed by atoms with Crippen molar-refractivity contribution in [2.45, 2.75) is 32.2 Å². The molecule has 6 nitrogen and oxygen atoms in total. The Hall–Kier alpha value is -1.95. The zero-order valence-corrected chi connectivity index (χ0v) is 11.4. The molecular formula is C14H18N2O4. The van der Waals surface area contributed by atoms with Gasteiger partial charge in [0.25, 0.3) is 5.91 Å². The molecule has 1 atom stereocenters. The first-order valence-corrected chi connectivity index (χ1v) is 6.67. The predicted molar refractivity (Wildman–Crippen MR) is 71.7 cm³/mol. The third kappa shape index (κ3) is 2.80. The first-order chi connectivity index (χ1) is 9.54. The predicted octanol–water partition coefficient (Wildman–Crippen LogP) is 1.08. The van der Waals surface area contributed by atoms with Crippen molar-refractivity contribution in [2.24, 2.45) is 0 Å². The van der Waals surface area contributed by atoms with E-state index in [1.165, 1.54) is 12.1 Å². The summed E-state index contributed by atoms with van der Waals surface area (Å²) < 4.78 is 0. The number of piperidine rings is 1. The lowest BCUT2D eigenvalue weighted by atomic mass is 10.0. The van der Waals surface area contributed by atoms with Gasteiger partial charge < -0.3 is 15.1 Å². The van der Waals surface area contributed by atoms with Crippen LogP contribution in [-0.4, -0.2) is 51.2 Å². The number of aryl methyl sites for hydroxylation is 1. The molecule has 0 bridgehead atoms. The average Bonchev–Trinajstić information content (AvgIpc) is 2.45. The summed E-state index contributed by atoms with van der Waals surface area (Å²) in [5.74, 6) is -1.30. The molecule has 0 aliphatic carbocycles. The highest BCUT2D eigenvalue weighted by molar-refractivity contribution is 5.94. The summed E-state index contributed by atoms with van der Waals surface area (Å²) in [6, 6.07) is 2.66. The molecule has 0 aromatic carbocycles. The van der Waals surface area contributed by atoms with Gasteiger partial charge in [-0.05, 0) is 38.3 Å². The largest absolute Gasteiger partial charge is 0.478 e. The average molecular weight is 278 g/mol. The number of hydrogen-bond acceptors (Lipinski definition) is 4. The minimum absolute atomic E-state index is 0.0576. The number of nitrogens with zero attached hydrogens (tertiary/aromatic N) is 2. The Morgan fingerprint density at radius 2 is 2.15 bits per heavy atom. The third-order valence-electron chi connectivity index (χ3n) is 3.63. The van der Waals surface area contributed by atoms with E-state index in [0.29, 0.717) is 12.2 Å². The molecule has 20 heavy (non-hydrogen) atoms. The van der Waals surface area contributed by atoms with E-state index in [9.17, 15) is 14.7 Å². The summed E-state index contributed by atoms with van der Waals surface area (Å²) in [7, 11) is 0. The van der Waals surface area contributed by atoms with E-state index in [1.54, 1.807) is 11.8 Å². The van der Waals surface area contributed by atoms with Gasteiger partial charge in [-0.2, -0.15) is 0 Å². The normalized spacial score (nSPS) is 18.9. The lowest BCUT2D eigenvalue weighted by Gasteiger charge is -2.34. The van der Waals surface area contributed by atoms with E-state index in [-0.39, 0.29) is 29.8 Å². The number of aliphatic hydroxyl groups excluding tert-OH is 1. The van der Waals surface area contributed by atoms with Crippen LogP contribution in [0.3, 0.4) is 0 Å². The molecular weight excluding hydrogens is 260 g/mol. The molecule has 1 amide bonds. The maximum atomic E-state index is 12.4. The summed E-state index contributed by atoms with van der Waals surface area (Å²) >= 11 is 0. The maximum absolute atomic E-state index is 12.4. The van der Waals surface area contributed by atoms with Crippen molar-refractivity contribution in [2.75, 3.05) is 13.2 Å². The van der Waals surface area contributed by atoms with Crippen molar-refractivity contribution < 1.29 is 19.8 Å². The van der Waals surface area contributed by atoms with Crippen molar-refractivity contribution in [3.8, 4) is 0 Å². The molecule has 2 N–H and O–H groups in total. The Morgan fingerprint density at radius 3 is 2.75 bits per heavy atom. The van der Waals surface area contributed by atoms with Crippen molar-refractivity contribution in [1.82, 2.24) is 9.88 Å². The second-order valence-electron chi connectivity index (χ2n) is 4.97. The molecule has 2 heterocycles. The number of carboxylic acid groups (broad SMARTS) is 1. The molecule has 0 spiro atoms. The van der Waals surface area contributed by atoms with E-state index in [1.807, 2.05) is 0 Å². The van der Waals surface area contributed by atoms with Gasteiger partial charge >= 0.3 is 5.97 Å². The van der Waals surface area contributed by atoms with Crippen LogP contribution in [0.25, 0.3) is 0 Å². The zero-order chi connectivity index (χ0) is 14.7. The van der Waals surface area contributed by atoms with E-state index < -0.39 is 5.97 Å². The van der Waals surface area contributed by atoms with Crippen molar-refractivity contribution in [3.05, 3.63) is 29.1 Å². The van der Waals surface area contributed by atoms with E-state index >= 15 is 0 Å². The molecule has 108 valence electrons. The first-order valence-electron chi connectivity index (χ1n) is 6.67. The van der Waals surface area contributed by atoms with Crippen LogP contribution in [0, 0.1) is 6.92 Å². The van der Waals surface area contributed by atoms with Gasteiger partial charge in [-0.25, -0.2) is 9.78 Å². The summed E-state index contributed by atoms with van der Waals surface area (Å²) in [5.41, 5.74) is 0.646. The Balaban J connectivity index is 2.24. The lowest BCUT2D eigenvalue weighted by Crippen LogP contribution is -2.45. The van der Waals surface area contributed by atoms with Crippen LogP contribution in [0.5, 0.6) is 0 Å². The monoisotopic (exact) mass is 278 g/mol. The minimum Gasteiger partial charge on any atom is -0.478 e. The molecule has 1 unspecified atom stereocenters. The van der Waals surface area contributed by atoms with Gasteiger partial charge in [0.15, 0.2) is 0 Å². The summed E-state index contributed by atoms with van der Waals surface area (Å²) in [5, 5.41) is 18.3. The van der Waals surface area contributed by atoms with Crippen LogP contribution >= 0.6 is 0 Å². The zero-order valence-electron chi connectivity index (χ0n) is 11.4. The third-order valence-corrected chi connectivity index (χ3v) is 3.63. The number of hydrogen-bond donors (Lipinski definition) is 2. The summed E-state index contributed by atoms with van der Waals surface area (Å²) in [6.45, 7) is 2.11. The number of carbonyl (C=O) groups excluding carboxylic acids is 1. The number of aliphatic hydroxyl groups is 1. The fourth-order valence-electron chi connectivity index (χ4n) is 2.51. The Morgan fingerprint density at radius 1 is 1.40 bits per heavy atom. The number of aromatic nitrogens is 1. The number of likely N-dealkylation sites (tertiary alicyclic amines) is 1. The van der Waals surface area contributed by atoms with Crippen molar-refractivity contribution in [1.29, 1.82) is 0 Å². The fourth-order valence-corrected chi connectivity index (χ4v) is 2.51. The van der Waals surface area contributed by atoms with Crippen LogP contribution in [0.1, 0.15) is 45.8 Å². The fraction of sp³-hybridized carbons (Fsp3) is 0.500. The van der Waals surface area contributed by atoms with Crippen LogP contribution in [0.2, 0.25) is 0 Å². The smallest absolute Gasteiger partial charge is 0.337 e. The van der Waals surface area contributed by atoms with Crippen LogP contribution in [0.15, 0.2) is 12.1 Å². The Kier molecular flexibility index (Phi) is 4.34. The number of amides is 1. The highest BCUT2D eigenvalue weighted by Crippen LogP contribution is 2.19. The van der Waals surface area contributed by atoms with E-state index in [4.69, 9.17) is 5.11 Å². The van der Waals surface area contributed by atoms with E-state index in [0.717, 1.165) is 19.3 Å². The molecule has 1 saturated heterocycles. The number of pyridine rings is 1. The molecule has 1 aliphatic heterocycles. The first kappa shape index (κ1) is 14.5. The van der Waals surface area contributed by atoms with Gasteiger partial charge in [-0.3, -0.25) is 4.79 Å². The van der Waals surface area contributed by atoms with E-state index in [2.05, 4.69) is 4.98 Å². The molecule has 1 aliphatic rings. The Bertz CT molecular complexity index is 530. The van der Waals surface area contributed by atoms with Crippen molar-refractivity contribution in [3.63, 3.8) is 0 Å². The van der Waals surface area contributed by atoms with Gasteiger partial charge in [-0.1, -0.05) is 0 Å². The maximum Gasteiger partial charge on any atom is 0.337 e. The SMILES string of the molecule is Cc1nc(C(=O)N2CCCCC2CO)ccc1C(=O)O. The number of carbonyl (C=O) groups is 2. The van der Waals surface area contributed by atoms with Gasteiger partial charge in [0.05, 0.1) is 23.9 Å². The minimum atomic E-state index is -1.06. The van der Waals surface area contributed by atoms with Crippen LogP contribution < -0.4 is 0 Å². The summed E-state index contributed by atoms with van der Waals surface area (Å²) in [4.78, 5) is 29.1. The summed E-state index contributed by atoms with van der Waals surface area (Å²) in [6.07, 6.45) is 2.70. The molecule has 1 aromatic heterocycles. The van der Waals surface area contributed by atoms with Gasteiger partial charge in [0.2, 0.25) is 0 Å². The lowest BCUT2D eigenvalue weighted by molar-refractivity contribution is 0.0496. The molecule has 1 aromatic rings. The van der Waals surface area contributed by atoms with Crippen molar-refractivity contribution >= 4 is 11.9 Å². The quantitative estimate of drug-likeness (QED) is 0.863. The standard InChI is InChI=1S/C14H18N2O4/c1-9-11(14(19)20)5-6-12(15-9)13(18)16-7-3-2-4-10(16)8-17/h5-6,10,17H,2-4,7-8H2,1H3,(H,19,20). The number of aromatic carboxylic acids is 1. The second-order valence-corrected chi connectivity index (χ2v) is 4.97.